The Morgan fingerprint density at radius 3 is 2.67 bits per heavy atom. The Morgan fingerprint density at radius 1 is 1.33 bits per heavy atom. The lowest BCUT2D eigenvalue weighted by atomic mass is 10.2. The zero-order valence-corrected chi connectivity index (χ0v) is 12.1. The molecular weight excluding hydrogens is 230 g/mol. The quantitative estimate of drug-likeness (QED) is 0.711. The van der Waals surface area contributed by atoms with Crippen molar-refractivity contribution < 1.29 is 9.47 Å². The Bertz CT molecular complexity index is 363. The van der Waals surface area contributed by atoms with Crippen LogP contribution >= 0.6 is 0 Å². The van der Waals surface area contributed by atoms with Gasteiger partial charge < -0.3 is 14.8 Å². The lowest BCUT2D eigenvalue weighted by molar-refractivity contribution is 0.0991. The molecule has 0 saturated carbocycles. The molecule has 1 unspecified atom stereocenters. The summed E-state index contributed by atoms with van der Waals surface area (Å²) < 4.78 is 12.3. The summed E-state index contributed by atoms with van der Waals surface area (Å²) in [6.07, 6.45) is 0.178. The summed E-state index contributed by atoms with van der Waals surface area (Å²) in [7, 11) is 3.44. The highest BCUT2D eigenvalue weighted by Crippen LogP contribution is 2.13. The molecule has 0 aliphatic heterocycles. The van der Waals surface area contributed by atoms with Crippen LogP contribution in [-0.2, 0) is 22.6 Å². The minimum atomic E-state index is 0.178. The third kappa shape index (κ3) is 4.08. The lowest BCUT2D eigenvalue weighted by Crippen LogP contribution is -2.20. The van der Waals surface area contributed by atoms with Gasteiger partial charge >= 0.3 is 0 Å². The van der Waals surface area contributed by atoms with Crippen molar-refractivity contribution in [2.24, 2.45) is 0 Å². The highest BCUT2D eigenvalue weighted by molar-refractivity contribution is 5.24. The first kappa shape index (κ1) is 15.1. The third-order valence-corrected chi connectivity index (χ3v) is 3.15. The van der Waals surface area contributed by atoms with Gasteiger partial charge in [-0.15, -0.1) is 0 Å². The van der Waals surface area contributed by atoms with Gasteiger partial charge in [0, 0.05) is 38.6 Å². The van der Waals surface area contributed by atoms with Crippen molar-refractivity contribution in [2.45, 2.75) is 40.0 Å². The van der Waals surface area contributed by atoms with Crippen LogP contribution in [0.2, 0.25) is 0 Å². The van der Waals surface area contributed by atoms with Crippen LogP contribution in [0, 0.1) is 13.8 Å². The molecule has 0 aromatic carbocycles. The van der Waals surface area contributed by atoms with Gasteiger partial charge in [0.25, 0.3) is 0 Å². The first-order chi connectivity index (χ1) is 8.60. The summed E-state index contributed by atoms with van der Waals surface area (Å²) in [5.74, 6) is 0. The molecule has 1 atom stereocenters. The summed E-state index contributed by atoms with van der Waals surface area (Å²) in [6, 6.07) is 0. The van der Waals surface area contributed by atoms with Crippen LogP contribution in [0.5, 0.6) is 0 Å². The molecule has 0 bridgehead atoms. The van der Waals surface area contributed by atoms with Gasteiger partial charge in [0.2, 0.25) is 0 Å². The van der Waals surface area contributed by atoms with Crippen molar-refractivity contribution in [2.75, 3.05) is 27.4 Å². The van der Waals surface area contributed by atoms with Gasteiger partial charge in [-0.3, -0.25) is 4.68 Å². The molecule has 1 heterocycles. The van der Waals surface area contributed by atoms with E-state index in [1.54, 1.807) is 14.2 Å². The number of hydrogen-bond donors (Lipinski definition) is 1. The van der Waals surface area contributed by atoms with Gasteiger partial charge in [0.05, 0.1) is 24.9 Å². The van der Waals surface area contributed by atoms with Gasteiger partial charge in [-0.25, -0.2) is 0 Å². The Hall–Kier alpha value is -0.910. The maximum atomic E-state index is 5.28. The molecule has 5 heteroatoms. The number of methoxy groups -OCH3 is 2. The van der Waals surface area contributed by atoms with E-state index in [4.69, 9.17) is 9.47 Å². The molecule has 1 aromatic rings. The Balaban J connectivity index is 2.62. The van der Waals surface area contributed by atoms with Gasteiger partial charge in [-0.1, -0.05) is 0 Å². The molecule has 5 nitrogen and oxygen atoms in total. The smallest absolute Gasteiger partial charge is 0.0739 e. The van der Waals surface area contributed by atoms with E-state index >= 15 is 0 Å². The highest BCUT2D eigenvalue weighted by Gasteiger charge is 2.12. The van der Waals surface area contributed by atoms with Crippen LogP contribution in [0.1, 0.15) is 23.9 Å². The first-order valence-electron chi connectivity index (χ1n) is 6.35. The van der Waals surface area contributed by atoms with Gasteiger partial charge in [-0.2, -0.15) is 5.10 Å². The Morgan fingerprint density at radius 2 is 2.06 bits per heavy atom. The molecule has 0 amide bonds. The monoisotopic (exact) mass is 255 g/mol. The van der Waals surface area contributed by atoms with Crippen LogP contribution < -0.4 is 5.32 Å². The SMILES string of the molecule is COCCNCc1c(C)nn(CC(C)OC)c1C. The van der Waals surface area contributed by atoms with Crippen LogP contribution in [0.15, 0.2) is 0 Å². The van der Waals surface area contributed by atoms with E-state index in [0.717, 1.165) is 31.9 Å². The van der Waals surface area contributed by atoms with E-state index in [2.05, 4.69) is 17.3 Å². The van der Waals surface area contributed by atoms with Crippen LogP contribution in [0.3, 0.4) is 0 Å². The minimum Gasteiger partial charge on any atom is -0.383 e. The van der Waals surface area contributed by atoms with Crippen LogP contribution in [0.25, 0.3) is 0 Å². The molecule has 104 valence electrons. The average Bonchev–Trinajstić information content (AvgIpc) is 2.61. The first-order valence-corrected chi connectivity index (χ1v) is 6.35. The van der Waals surface area contributed by atoms with E-state index in [1.807, 2.05) is 18.5 Å². The van der Waals surface area contributed by atoms with E-state index in [0.29, 0.717) is 0 Å². The highest BCUT2D eigenvalue weighted by atomic mass is 16.5. The number of nitrogens with zero attached hydrogens (tertiary/aromatic N) is 2. The number of nitrogens with one attached hydrogen (secondary N) is 1. The number of aromatic nitrogens is 2. The number of aryl methyl sites for hydroxylation is 1. The van der Waals surface area contributed by atoms with Crippen molar-refractivity contribution in [3.63, 3.8) is 0 Å². The fourth-order valence-corrected chi connectivity index (χ4v) is 1.87. The maximum absolute atomic E-state index is 5.28. The second-order valence-corrected chi connectivity index (χ2v) is 4.55. The second kappa shape index (κ2) is 7.51. The molecule has 0 aliphatic carbocycles. The summed E-state index contributed by atoms with van der Waals surface area (Å²) in [6.45, 7) is 9.42. The maximum Gasteiger partial charge on any atom is 0.0739 e. The second-order valence-electron chi connectivity index (χ2n) is 4.55. The van der Waals surface area contributed by atoms with Crippen molar-refractivity contribution >= 4 is 0 Å². The topological polar surface area (TPSA) is 48.3 Å². The number of ether oxygens (including phenoxy) is 2. The standard InChI is InChI=1S/C13H25N3O2/c1-10(18-5)9-16-12(3)13(11(2)15-16)8-14-6-7-17-4/h10,14H,6-9H2,1-5H3. The van der Waals surface area contributed by atoms with Gasteiger partial charge in [-0.05, 0) is 20.8 Å². The summed E-state index contributed by atoms with van der Waals surface area (Å²) in [5, 5.41) is 7.92. The minimum absolute atomic E-state index is 0.178. The molecule has 1 rings (SSSR count). The number of rotatable bonds is 8. The summed E-state index contributed by atoms with van der Waals surface area (Å²) in [5.41, 5.74) is 3.57. The molecule has 0 aliphatic rings. The summed E-state index contributed by atoms with van der Waals surface area (Å²) >= 11 is 0. The van der Waals surface area contributed by atoms with Crippen molar-refractivity contribution in [1.29, 1.82) is 0 Å². The van der Waals surface area contributed by atoms with E-state index in [1.165, 1.54) is 11.3 Å². The molecule has 1 aromatic heterocycles. The molecule has 1 N–H and O–H groups in total. The normalized spacial score (nSPS) is 12.9. The molecule has 0 radical (unpaired) electrons. The zero-order valence-electron chi connectivity index (χ0n) is 12.1. The van der Waals surface area contributed by atoms with Crippen LogP contribution in [0.4, 0.5) is 0 Å². The zero-order chi connectivity index (χ0) is 13.5. The third-order valence-electron chi connectivity index (χ3n) is 3.15. The van der Waals surface area contributed by atoms with Crippen molar-refractivity contribution in [3.05, 3.63) is 17.0 Å². The van der Waals surface area contributed by atoms with Gasteiger partial charge in [0.1, 0.15) is 0 Å². The van der Waals surface area contributed by atoms with Gasteiger partial charge in [0.15, 0.2) is 0 Å². The molecule has 0 spiro atoms. The Kier molecular flexibility index (Phi) is 6.32. The predicted molar refractivity (Wildman–Crippen MR) is 71.8 cm³/mol. The van der Waals surface area contributed by atoms with E-state index in [-0.39, 0.29) is 6.10 Å². The molecular formula is C13H25N3O2. The Labute approximate surface area is 109 Å². The molecule has 0 fully saturated rings. The summed E-state index contributed by atoms with van der Waals surface area (Å²) in [4.78, 5) is 0. The fraction of sp³-hybridized carbons (Fsp3) is 0.769. The number of hydrogen-bond acceptors (Lipinski definition) is 4. The van der Waals surface area contributed by atoms with Crippen molar-refractivity contribution in [1.82, 2.24) is 15.1 Å². The molecule has 18 heavy (non-hydrogen) atoms. The van der Waals surface area contributed by atoms with E-state index in [9.17, 15) is 0 Å². The average molecular weight is 255 g/mol. The largest absolute Gasteiger partial charge is 0.383 e. The molecule has 0 saturated heterocycles. The van der Waals surface area contributed by atoms with Crippen LogP contribution in [-0.4, -0.2) is 43.3 Å². The lowest BCUT2D eigenvalue weighted by Gasteiger charge is -2.11. The fourth-order valence-electron chi connectivity index (χ4n) is 1.87. The predicted octanol–water partition coefficient (Wildman–Crippen LogP) is 1.27. The van der Waals surface area contributed by atoms with Crippen molar-refractivity contribution in [3.8, 4) is 0 Å². The van der Waals surface area contributed by atoms with E-state index < -0.39 is 0 Å².